The second kappa shape index (κ2) is 5.74. The van der Waals surface area contributed by atoms with E-state index in [1.165, 1.54) is 0 Å². The summed E-state index contributed by atoms with van der Waals surface area (Å²) in [5, 5.41) is 0. The van der Waals surface area contributed by atoms with Crippen LogP contribution in [-0.2, 0) is 5.88 Å². The van der Waals surface area contributed by atoms with E-state index >= 15 is 0 Å². The highest BCUT2D eigenvalue weighted by Gasteiger charge is 2.09. The van der Waals surface area contributed by atoms with Gasteiger partial charge in [-0.15, -0.1) is 11.6 Å². The molecule has 0 atom stereocenters. The Balaban J connectivity index is 2.37. The molecule has 0 saturated heterocycles. The van der Waals surface area contributed by atoms with Crippen molar-refractivity contribution in [1.82, 2.24) is 4.98 Å². The van der Waals surface area contributed by atoms with Gasteiger partial charge in [0.1, 0.15) is 5.75 Å². The summed E-state index contributed by atoms with van der Waals surface area (Å²) in [6.07, 6.45) is 1.76. The molecule has 0 unspecified atom stereocenters. The standard InChI is InChI=1S/C14H15ClN2O/c1-17(12-7-8-16-11(9-12)10-15)13-5-3-4-6-14(13)18-2/h3-9H,10H2,1-2H3. The van der Waals surface area contributed by atoms with Gasteiger partial charge in [0.2, 0.25) is 0 Å². The zero-order valence-electron chi connectivity index (χ0n) is 10.4. The molecule has 3 nitrogen and oxygen atoms in total. The largest absolute Gasteiger partial charge is 0.495 e. The van der Waals surface area contributed by atoms with Crippen molar-refractivity contribution in [1.29, 1.82) is 0 Å². The van der Waals surface area contributed by atoms with E-state index in [-0.39, 0.29) is 0 Å². The molecule has 0 aliphatic carbocycles. The number of pyridine rings is 1. The molecule has 0 spiro atoms. The molecule has 0 radical (unpaired) electrons. The lowest BCUT2D eigenvalue weighted by atomic mass is 10.2. The molecule has 0 saturated carbocycles. The zero-order chi connectivity index (χ0) is 13.0. The van der Waals surface area contributed by atoms with Crippen molar-refractivity contribution in [3.8, 4) is 5.75 Å². The van der Waals surface area contributed by atoms with E-state index < -0.39 is 0 Å². The van der Waals surface area contributed by atoms with Crippen LogP contribution in [0.15, 0.2) is 42.6 Å². The number of anilines is 2. The molecule has 2 aromatic rings. The molecule has 0 fully saturated rings. The van der Waals surface area contributed by atoms with Crippen LogP contribution in [0.1, 0.15) is 5.69 Å². The van der Waals surface area contributed by atoms with Crippen molar-refractivity contribution < 1.29 is 4.74 Å². The maximum absolute atomic E-state index is 5.80. The number of halogens is 1. The zero-order valence-corrected chi connectivity index (χ0v) is 11.2. The van der Waals surface area contributed by atoms with Gasteiger partial charge in [0.15, 0.2) is 0 Å². The number of methoxy groups -OCH3 is 1. The first-order valence-electron chi connectivity index (χ1n) is 5.64. The van der Waals surface area contributed by atoms with Gasteiger partial charge in [-0.3, -0.25) is 4.98 Å². The number of rotatable bonds is 4. The van der Waals surface area contributed by atoms with Crippen LogP contribution in [0.5, 0.6) is 5.75 Å². The van der Waals surface area contributed by atoms with Crippen molar-refractivity contribution in [2.75, 3.05) is 19.1 Å². The van der Waals surface area contributed by atoms with Crippen molar-refractivity contribution in [2.45, 2.75) is 5.88 Å². The van der Waals surface area contributed by atoms with Crippen LogP contribution in [0.2, 0.25) is 0 Å². The Morgan fingerprint density at radius 3 is 2.78 bits per heavy atom. The highest BCUT2D eigenvalue weighted by molar-refractivity contribution is 6.16. The highest BCUT2D eigenvalue weighted by atomic mass is 35.5. The summed E-state index contributed by atoms with van der Waals surface area (Å²) in [6, 6.07) is 11.8. The van der Waals surface area contributed by atoms with Gasteiger partial charge in [-0.2, -0.15) is 0 Å². The Hall–Kier alpha value is -1.74. The third-order valence-electron chi connectivity index (χ3n) is 2.77. The summed E-state index contributed by atoms with van der Waals surface area (Å²) >= 11 is 5.80. The molecule has 18 heavy (non-hydrogen) atoms. The van der Waals surface area contributed by atoms with Gasteiger partial charge in [-0.1, -0.05) is 12.1 Å². The van der Waals surface area contributed by atoms with Crippen LogP contribution in [0.4, 0.5) is 11.4 Å². The first-order valence-corrected chi connectivity index (χ1v) is 6.17. The number of benzene rings is 1. The van der Waals surface area contributed by atoms with E-state index in [2.05, 4.69) is 9.88 Å². The molecular formula is C14H15ClN2O. The molecule has 2 rings (SSSR count). The molecule has 1 aromatic carbocycles. The number of nitrogens with zero attached hydrogens (tertiary/aromatic N) is 2. The number of para-hydroxylation sites is 2. The average molecular weight is 263 g/mol. The van der Waals surface area contributed by atoms with E-state index in [1.807, 2.05) is 43.4 Å². The molecule has 1 heterocycles. The van der Waals surface area contributed by atoms with Crippen LogP contribution in [0.3, 0.4) is 0 Å². The molecule has 94 valence electrons. The quantitative estimate of drug-likeness (QED) is 0.788. The predicted octanol–water partition coefficient (Wildman–Crippen LogP) is 3.60. The van der Waals surface area contributed by atoms with E-state index in [0.29, 0.717) is 5.88 Å². The second-order valence-electron chi connectivity index (χ2n) is 3.87. The van der Waals surface area contributed by atoms with Crippen LogP contribution < -0.4 is 9.64 Å². The topological polar surface area (TPSA) is 25.4 Å². The number of hydrogen-bond acceptors (Lipinski definition) is 3. The van der Waals surface area contributed by atoms with Crippen LogP contribution in [0, 0.1) is 0 Å². The monoisotopic (exact) mass is 262 g/mol. The normalized spacial score (nSPS) is 10.2. The number of hydrogen-bond donors (Lipinski definition) is 0. The lowest BCUT2D eigenvalue weighted by Gasteiger charge is -2.22. The maximum atomic E-state index is 5.80. The van der Waals surface area contributed by atoms with E-state index in [9.17, 15) is 0 Å². The minimum atomic E-state index is 0.410. The van der Waals surface area contributed by atoms with Crippen LogP contribution in [0.25, 0.3) is 0 Å². The Morgan fingerprint density at radius 2 is 2.06 bits per heavy atom. The minimum Gasteiger partial charge on any atom is -0.495 e. The summed E-state index contributed by atoms with van der Waals surface area (Å²) in [4.78, 5) is 6.24. The van der Waals surface area contributed by atoms with E-state index in [0.717, 1.165) is 22.8 Å². The highest BCUT2D eigenvalue weighted by Crippen LogP contribution is 2.32. The summed E-state index contributed by atoms with van der Waals surface area (Å²) < 4.78 is 5.36. The van der Waals surface area contributed by atoms with Crippen molar-refractivity contribution in [2.24, 2.45) is 0 Å². The van der Waals surface area contributed by atoms with Crippen molar-refractivity contribution in [3.05, 3.63) is 48.3 Å². The summed E-state index contributed by atoms with van der Waals surface area (Å²) in [5.74, 6) is 1.25. The molecule has 0 N–H and O–H groups in total. The first-order chi connectivity index (χ1) is 8.76. The van der Waals surface area contributed by atoms with Gasteiger partial charge in [-0.25, -0.2) is 0 Å². The third-order valence-corrected chi connectivity index (χ3v) is 3.04. The minimum absolute atomic E-state index is 0.410. The predicted molar refractivity (Wildman–Crippen MR) is 74.9 cm³/mol. The van der Waals surface area contributed by atoms with Crippen LogP contribution >= 0.6 is 11.6 Å². The fourth-order valence-corrected chi connectivity index (χ4v) is 1.94. The lowest BCUT2D eigenvalue weighted by Crippen LogP contribution is -2.11. The molecular weight excluding hydrogens is 248 g/mol. The Labute approximate surface area is 112 Å². The second-order valence-corrected chi connectivity index (χ2v) is 4.14. The molecule has 0 bridgehead atoms. The van der Waals surface area contributed by atoms with Gasteiger partial charge in [0.05, 0.1) is 24.4 Å². The maximum Gasteiger partial charge on any atom is 0.142 e. The van der Waals surface area contributed by atoms with Gasteiger partial charge in [0.25, 0.3) is 0 Å². The average Bonchev–Trinajstić information content (AvgIpc) is 2.46. The summed E-state index contributed by atoms with van der Waals surface area (Å²) in [7, 11) is 3.66. The Morgan fingerprint density at radius 1 is 1.28 bits per heavy atom. The fourth-order valence-electron chi connectivity index (χ4n) is 1.79. The van der Waals surface area contributed by atoms with Gasteiger partial charge < -0.3 is 9.64 Å². The molecule has 0 aliphatic heterocycles. The van der Waals surface area contributed by atoms with Crippen molar-refractivity contribution in [3.63, 3.8) is 0 Å². The van der Waals surface area contributed by atoms with Gasteiger partial charge >= 0.3 is 0 Å². The Bertz CT molecular complexity index is 531. The number of aromatic nitrogens is 1. The van der Waals surface area contributed by atoms with Crippen molar-refractivity contribution >= 4 is 23.0 Å². The fraction of sp³-hybridized carbons (Fsp3) is 0.214. The summed E-state index contributed by atoms with van der Waals surface area (Å²) in [5.41, 5.74) is 2.90. The number of ether oxygens (including phenoxy) is 1. The smallest absolute Gasteiger partial charge is 0.142 e. The number of alkyl halides is 1. The Kier molecular flexibility index (Phi) is 4.05. The third kappa shape index (κ3) is 2.57. The molecule has 0 amide bonds. The first kappa shape index (κ1) is 12.7. The van der Waals surface area contributed by atoms with E-state index in [1.54, 1.807) is 13.3 Å². The molecule has 0 aliphatic rings. The molecule has 1 aromatic heterocycles. The van der Waals surface area contributed by atoms with Gasteiger partial charge in [-0.05, 0) is 24.3 Å². The van der Waals surface area contributed by atoms with Gasteiger partial charge in [0, 0.05) is 18.9 Å². The lowest BCUT2D eigenvalue weighted by molar-refractivity contribution is 0.415. The SMILES string of the molecule is COc1ccccc1N(C)c1ccnc(CCl)c1. The van der Waals surface area contributed by atoms with E-state index in [4.69, 9.17) is 16.3 Å². The molecule has 4 heteroatoms. The van der Waals surface area contributed by atoms with Crippen LogP contribution in [-0.4, -0.2) is 19.1 Å². The summed E-state index contributed by atoms with van der Waals surface area (Å²) in [6.45, 7) is 0.